The summed E-state index contributed by atoms with van der Waals surface area (Å²) in [7, 11) is 0. The molecule has 0 radical (unpaired) electrons. The normalized spacial score (nSPS) is 16.8. The Hall–Kier alpha value is 0.390. The largest absolute Gasteiger partial charge is 0.394 e. The number of rotatable bonds is 9. The summed E-state index contributed by atoms with van der Waals surface area (Å²) >= 11 is 9.28. The zero-order valence-electron chi connectivity index (χ0n) is 13.2. The van der Waals surface area contributed by atoms with E-state index in [-0.39, 0.29) is 6.61 Å². The van der Waals surface area contributed by atoms with E-state index in [1.54, 1.807) is 0 Å². The van der Waals surface area contributed by atoms with Crippen LogP contribution in [-0.4, -0.2) is 49.0 Å². The van der Waals surface area contributed by atoms with E-state index in [0.29, 0.717) is 26.4 Å². The van der Waals surface area contributed by atoms with Crippen molar-refractivity contribution < 1.29 is 14.6 Å². The van der Waals surface area contributed by atoms with Gasteiger partial charge in [0.25, 0.3) is 0 Å². The summed E-state index contributed by atoms with van der Waals surface area (Å²) < 4.78 is 17.1. The third-order valence-corrected chi connectivity index (χ3v) is 9.74. The zero-order valence-corrected chi connectivity index (χ0v) is 17.3. The van der Waals surface area contributed by atoms with Crippen LogP contribution >= 0.6 is 58.8 Å². The van der Waals surface area contributed by atoms with Gasteiger partial charge in [-0.15, -0.1) is 11.8 Å². The zero-order chi connectivity index (χ0) is 16.8. The molecular weight excluding hydrogens is 403 g/mol. The van der Waals surface area contributed by atoms with Gasteiger partial charge in [-0.2, -0.15) is 0 Å². The number of hydrogen-bond donors (Lipinski definition) is 1. The van der Waals surface area contributed by atoms with E-state index in [9.17, 15) is 0 Å². The van der Waals surface area contributed by atoms with Crippen LogP contribution in [0.5, 0.6) is 0 Å². The minimum atomic E-state index is 0.0636. The van der Waals surface area contributed by atoms with Gasteiger partial charge < -0.3 is 19.1 Å². The lowest BCUT2D eigenvalue weighted by atomic mass is 10.6. The lowest BCUT2D eigenvalue weighted by Crippen LogP contribution is -2.10. The first-order valence-electron chi connectivity index (χ1n) is 7.45. The molecule has 3 heterocycles. The van der Waals surface area contributed by atoms with Crippen LogP contribution in [-0.2, 0) is 16.0 Å². The van der Waals surface area contributed by atoms with Crippen LogP contribution in [0, 0.1) is 0 Å². The number of nitrogens with zero attached hydrogens (tertiary/aromatic N) is 1. The Morgan fingerprint density at radius 3 is 2.33 bits per heavy atom. The van der Waals surface area contributed by atoms with Crippen molar-refractivity contribution in [2.75, 3.05) is 39.3 Å². The molecule has 4 nitrogen and oxygen atoms in total. The maximum absolute atomic E-state index is 8.61. The number of aliphatic hydroxyl groups excluding tert-OH is 1. The van der Waals surface area contributed by atoms with Gasteiger partial charge in [0, 0.05) is 28.7 Å². The first-order valence-corrected chi connectivity index (χ1v) is 12.0. The van der Waals surface area contributed by atoms with E-state index >= 15 is 0 Å². The topological polar surface area (TPSA) is 43.6 Å². The van der Waals surface area contributed by atoms with Gasteiger partial charge in [-0.25, -0.2) is 0 Å². The number of aromatic nitrogens is 1. The molecule has 24 heavy (non-hydrogen) atoms. The van der Waals surface area contributed by atoms with Crippen LogP contribution in [0.3, 0.4) is 0 Å². The number of hydrogen-bond acceptors (Lipinski definition) is 8. The Balaban J connectivity index is 1.41. The van der Waals surface area contributed by atoms with Crippen molar-refractivity contribution in [2.24, 2.45) is 0 Å². The quantitative estimate of drug-likeness (QED) is 0.586. The second-order valence-electron chi connectivity index (χ2n) is 4.81. The van der Waals surface area contributed by atoms with Gasteiger partial charge in [-0.3, -0.25) is 0 Å². The summed E-state index contributed by atoms with van der Waals surface area (Å²) in [6, 6.07) is 0. The molecule has 0 atom stereocenters. The van der Waals surface area contributed by atoms with Crippen LogP contribution < -0.4 is 0 Å². The summed E-state index contributed by atoms with van der Waals surface area (Å²) in [4.78, 5) is 2.68. The van der Waals surface area contributed by atoms with Gasteiger partial charge in [-0.05, 0) is 11.7 Å². The van der Waals surface area contributed by atoms with Crippen LogP contribution in [0.25, 0.3) is 0 Å². The van der Waals surface area contributed by atoms with E-state index < -0.39 is 0 Å². The van der Waals surface area contributed by atoms with E-state index in [4.69, 9.17) is 14.6 Å². The molecule has 3 rings (SSSR count). The Morgan fingerprint density at radius 2 is 1.71 bits per heavy atom. The van der Waals surface area contributed by atoms with Crippen molar-refractivity contribution in [1.82, 2.24) is 4.57 Å². The molecule has 9 heteroatoms. The fraction of sp³-hybridized carbons (Fsp3) is 0.467. The summed E-state index contributed by atoms with van der Waals surface area (Å²) in [6.45, 7) is 3.07. The van der Waals surface area contributed by atoms with E-state index in [1.807, 2.05) is 58.8 Å². The van der Waals surface area contributed by atoms with Crippen molar-refractivity contribution >= 4 is 58.8 Å². The van der Waals surface area contributed by atoms with Gasteiger partial charge >= 0.3 is 0 Å². The van der Waals surface area contributed by atoms with E-state index in [2.05, 4.69) is 28.6 Å². The SMILES string of the molecule is CSC1=CSC(=C2Sc3cn(CCOCCOCCO)cc3S2)S1. The molecule has 0 unspecified atom stereocenters. The first-order chi connectivity index (χ1) is 11.8. The van der Waals surface area contributed by atoms with Crippen LogP contribution in [0.1, 0.15) is 0 Å². The smallest absolute Gasteiger partial charge is 0.0707 e. The van der Waals surface area contributed by atoms with Crippen molar-refractivity contribution in [3.8, 4) is 0 Å². The van der Waals surface area contributed by atoms with Crippen molar-refractivity contribution in [2.45, 2.75) is 16.3 Å². The molecule has 1 N–H and O–H groups in total. The Morgan fingerprint density at radius 1 is 1.00 bits per heavy atom. The lowest BCUT2D eigenvalue weighted by molar-refractivity contribution is 0.0309. The highest BCUT2D eigenvalue weighted by Gasteiger charge is 2.25. The molecule has 0 fully saturated rings. The minimum Gasteiger partial charge on any atom is -0.394 e. The maximum atomic E-state index is 8.61. The number of fused-ring (bicyclic) bond motifs is 1. The molecule has 1 aromatic heterocycles. The molecule has 0 aromatic carbocycles. The predicted molar refractivity (Wildman–Crippen MR) is 109 cm³/mol. The molecule has 2 aliphatic rings. The van der Waals surface area contributed by atoms with Gasteiger partial charge in [0.05, 0.1) is 45.7 Å². The lowest BCUT2D eigenvalue weighted by Gasteiger charge is -2.06. The summed E-state index contributed by atoms with van der Waals surface area (Å²) in [5, 5.41) is 10.8. The van der Waals surface area contributed by atoms with Crippen LogP contribution in [0.15, 0.2) is 40.3 Å². The molecule has 0 spiro atoms. The summed E-state index contributed by atoms with van der Waals surface area (Å²) in [5.74, 6) is 0. The fourth-order valence-corrected chi connectivity index (χ4v) is 8.05. The maximum Gasteiger partial charge on any atom is 0.0707 e. The predicted octanol–water partition coefficient (Wildman–Crippen LogP) is 4.48. The van der Waals surface area contributed by atoms with Gasteiger partial charge in [0.15, 0.2) is 0 Å². The molecule has 0 bridgehead atoms. The molecular formula is C15H19NO3S5. The summed E-state index contributed by atoms with van der Waals surface area (Å²) in [5.41, 5.74) is 0. The molecule has 2 aliphatic heterocycles. The molecule has 1 aromatic rings. The Kier molecular flexibility index (Phi) is 7.92. The molecule has 0 amide bonds. The number of aliphatic hydroxyl groups is 1. The number of ether oxygens (including phenoxy) is 2. The Bertz CT molecular complexity index is 603. The second kappa shape index (κ2) is 9.91. The van der Waals surface area contributed by atoms with Gasteiger partial charge in [0.1, 0.15) is 0 Å². The van der Waals surface area contributed by atoms with Gasteiger partial charge in [0.2, 0.25) is 0 Å². The minimum absolute atomic E-state index is 0.0636. The third-order valence-electron chi connectivity index (χ3n) is 3.14. The average molecular weight is 422 g/mol. The fourth-order valence-electron chi connectivity index (χ4n) is 2.03. The van der Waals surface area contributed by atoms with E-state index in [1.165, 1.54) is 22.5 Å². The molecule has 0 saturated heterocycles. The summed E-state index contributed by atoms with van der Waals surface area (Å²) in [6.07, 6.45) is 6.54. The second-order valence-corrected chi connectivity index (χ2v) is 10.5. The molecule has 0 saturated carbocycles. The number of thioether (sulfide) groups is 5. The average Bonchev–Trinajstić information content (AvgIpc) is 3.27. The van der Waals surface area contributed by atoms with Crippen molar-refractivity contribution in [3.05, 3.63) is 30.5 Å². The van der Waals surface area contributed by atoms with Gasteiger partial charge in [-0.1, -0.05) is 47.0 Å². The third kappa shape index (κ3) is 5.20. The highest BCUT2D eigenvalue weighted by Crippen LogP contribution is 2.60. The molecule has 0 aliphatic carbocycles. The van der Waals surface area contributed by atoms with Crippen molar-refractivity contribution in [1.29, 1.82) is 0 Å². The standard InChI is InChI=1S/C15H19NO3S5/c1-20-13-10-21-14(24-13)15-22-11-8-16(9-12(11)23-15)2-4-18-6-7-19-5-3-17/h8-10,17H,2-7H2,1H3. The molecule has 132 valence electrons. The Labute approximate surface area is 163 Å². The highest BCUT2D eigenvalue weighted by molar-refractivity contribution is 8.37. The van der Waals surface area contributed by atoms with Crippen LogP contribution in [0.2, 0.25) is 0 Å². The van der Waals surface area contributed by atoms with E-state index in [0.717, 1.165) is 6.54 Å². The van der Waals surface area contributed by atoms with Crippen LogP contribution in [0.4, 0.5) is 0 Å². The first kappa shape index (κ1) is 19.2. The van der Waals surface area contributed by atoms with Crippen molar-refractivity contribution in [3.63, 3.8) is 0 Å². The highest BCUT2D eigenvalue weighted by atomic mass is 32.2. The monoisotopic (exact) mass is 421 g/mol.